The van der Waals surface area contributed by atoms with Crippen LogP contribution in [0.25, 0.3) is 0 Å². The molecule has 23 heavy (non-hydrogen) atoms. The van der Waals surface area contributed by atoms with Gasteiger partial charge in [0.05, 0.1) is 5.92 Å². The minimum absolute atomic E-state index is 0.000330. The molecule has 1 saturated carbocycles. The highest BCUT2D eigenvalue weighted by Crippen LogP contribution is 2.37. The van der Waals surface area contributed by atoms with Gasteiger partial charge in [0.2, 0.25) is 0 Å². The molecule has 1 aliphatic heterocycles. The molecule has 1 aromatic rings. The van der Waals surface area contributed by atoms with Crippen molar-refractivity contribution in [3.8, 4) is 0 Å². The van der Waals surface area contributed by atoms with Crippen LogP contribution in [0, 0.1) is 5.92 Å². The summed E-state index contributed by atoms with van der Waals surface area (Å²) in [5.74, 6) is -1.29. The first-order valence-corrected chi connectivity index (χ1v) is 8.12. The molecule has 0 radical (unpaired) electrons. The maximum absolute atomic E-state index is 12.8. The Labute approximate surface area is 133 Å². The number of urea groups is 1. The fourth-order valence-electron chi connectivity index (χ4n) is 3.55. The molecule has 1 heterocycles. The number of nitrogens with zero attached hydrogens (tertiary/aromatic N) is 1. The largest absolute Gasteiger partial charge is 0.391 e. The van der Waals surface area contributed by atoms with Gasteiger partial charge in [-0.3, -0.25) is 0 Å². The lowest BCUT2D eigenvalue weighted by Gasteiger charge is -2.34. The second kappa shape index (κ2) is 6.42. The summed E-state index contributed by atoms with van der Waals surface area (Å²) in [7, 11) is 0. The summed E-state index contributed by atoms with van der Waals surface area (Å²) in [6, 6.07) is 7.35. The van der Waals surface area contributed by atoms with Crippen molar-refractivity contribution in [3.05, 3.63) is 35.4 Å². The number of hydrogen-bond donors (Lipinski definition) is 1. The van der Waals surface area contributed by atoms with Gasteiger partial charge in [0.1, 0.15) is 0 Å². The van der Waals surface area contributed by atoms with Crippen LogP contribution >= 0.6 is 0 Å². The van der Waals surface area contributed by atoms with Crippen molar-refractivity contribution in [1.82, 2.24) is 10.2 Å². The summed E-state index contributed by atoms with van der Waals surface area (Å²) in [5.41, 5.74) is 2.36. The van der Waals surface area contributed by atoms with Gasteiger partial charge in [-0.2, -0.15) is 13.2 Å². The van der Waals surface area contributed by atoms with E-state index in [1.165, 1.54) is 5.56 Å². The number of nitrogens with one attached hydrogen (secondary N) is 1. The minimum Gasteiger partial charge on any atom is -0.335 e. The van der Waals surface area contributed by atoms with E-state index in [9.17, 15) is 18.0 Å². The van der Waals surface area contributed by atoms with E-state index in [1.54, 1.807) is 4.90 Å². The fourth-order valence-corrected chi connectivity index (χ4v) is 3.55. The molecule has 2 aliphatic rings. The molecule has 0 aromatic heterocycles. The molecule has 6 heteroatoms. The third-order valence-electron chi connectivity index (χ3n) is 4.88. The van der Waals surface area contributed by atoms with Crippen molar-refractivity contribution in [3.63, 3.8) is 0 Å². The summed E-state index contributed by atoms with van der Waals surface area (Å²) in [5, 5.41) is 2.81. The van der Waals surface area contributed by atoms with Crippen LogP contribution in [0.4, 0.5) is 18.0 Å². The zero-order chi connectivity index (χ0) is 16.4. The maximum Gasteiger partial charge on any atom is 0.391 e. The highest BCUT2D eigenvalue weighted by atomic mass is 19.4. The van der Waals surface area contributed by atoms with Gasteiger partial charge < -0.3 is 10.2 Å². The second-order valence-electron chi connectivity index (χ2n) is 6.49. The van der Waals surface area contributed by atoms with Crippen molar-refractivity contribution in [2.75, 3.05) is 6.54 Å². The van der Waals surface area contributed by atoms with Crippen LogP contribution in [0.3, 0.4) is 0 Å². The summed E-state index contributed by atoms with van der Waals surface area (Å²) >= 11 is 0. The van der Waals surface area contributed by atoms with E-state index < -0.39 is 12.1 Å². The minimum atomic E-state index is -4.16. The van der Waals surface area contributed by atoms with Crippen LogP contribution in [-0.4, -0.2) is 29.7 Å². The van der Waals surface area contributed by atoms with E-state index in [4.69, 9.17) is 0 Å². The van der Waals surface area contributed by atoms with Crippen LogP contribution in [0.5, 0.6) is 0 Å². The Morgan fingerprint density at radius 3 is 2.65 bits per heavy atom. The first kappa shape index (κ1) is 16.1. The SMILES string of the molecule is O=C(NC1CCCC(C(F)(F)F)C1)N1CCc2ccccc2C1. The topological polar surface area (TPSA) is 32.3 Å². The van der Waals surface area contributed by atoms with E-state index >= 15 is 0 Å². The predicted molar refractivity (Wildman–Crippen MR) is 80.9 cm³/mol. The molecule has 0 spiro atoms. The number of carbonyl (C=O) groups is 1. The van der Waals surface area contributed by atoms with E-state index in [2.05, 4.69) is 11.4 Å². The van der Waals surface area contributed by atoms with Gasteiger partial charge in [0, 0.05) is 19.1 Å². The van der Waals surface area contributed by atoms with E-state index in [-0.39, 0.29) is 24.9 Å². The normalized spacial score (nSPS) is 24.9. The number of amides is 2. The highest BCUT2D eigenvalue weighted by Gasteiger charge is 2.42. The molecule has 2 unspecified atom stereocenters. The maximum atomic E-state index is 12.8. The Hall–Kier alpha value is -1.72. The van der Waals surface area contributed by atoms with Crippen molar-refractivity contribution in [2.24, 2.45) is 5.92 Å². The molecule has 0 saturated heterocycles. The molecule has 1 aromatic carbocycles. The molecule has 0 bridgehead atoms. The number of carbonyl (C=O) groups excluding carboxylic acids is 1. The monoisotopic (exact) mass is 326 g/mol. The lowest BCUT2D eigenvalue weighted by molar-refractivity contribution is -0.183. The standard InChI is InChI=1S/C17H21F3N2O/c18-17(19,20)14-6-3-7-15(10-14)21-16(23)22-9-8-12-4-1-2-5-13(12)11-22/h1-2,4-5,14-15H,3,6-11H2,(H,21,23). The lowest BCUT2D eigenvalue weighted by atomic mass is 9.85. The van der Waals surface area contributed by atoms with Crippen molar-refractivity contribution < 1.29 is 18.0 Å². The van der Waals surface area contributed by atoms with Gasteiger partial charge in [-0.25, -0.2) is 4.79 Å². The average Bonchev–Trinajstić information content (AvgIpc) is 2.54. The van der Waals surface area contributed by atoms with Crippen molar-refractivity contribution >= 4 is 6.03 Å². The van der Waals surface area contributed by atoms with E-state index in [0.717, 1.165) is 12.0 Å². The zero-order valence-electron chi connectivity index (χ0n) is 12.9. The Kier molecular flexibility index (Phi) is 4.50. The lowest BCUT2D eigenvalue weighted by Crippen LogP contribution is -2.48. The van der Waals surface area contributed by atoms with Gasteiger partial charge in [-0.05, 0) is 36.8 Å². The van der Waals surface area contributed by atoms with Crippen LogP contribution in [0.1, 0.15) is 36.8 Å². The number of hydrogen-bond acceptors (Lipinski definition) is 1. The highest BCUT2D eigenvalue weighted by molar-refractivity contribution is 5.75. The van der Waals surface area contributed by atoms with Gasteiger partial charge in [0.15, 0.2) is 0 Å². The van der Waals surface area contributed by atoms with Crippen LogP contribution in [-0.2, 0) is 13.0 Å². The van der Waals surface area contributed by atoms with Gasteiger partial charge >= 0.3 is 12.2 Å². The van der Waals surface area contributed by atoms with Gasteiger partial charge in [-0.1, -0.05) is 30.7 Å². The molecular weight excluding hydrogens is 305 g/mol. The van der Waals surface area contributed by atoms with Crippen LogP contribution < -0.4 is 5.32 Å². The van der Waals surface area contributed by atoms with Crippen LogP contribution in [0.2, 0.25) is 0 Å². The number of rotatable bonds is 1. The average molecular weight is 326 g/mol. The Morgan fingerprint density at radius 2 is 1.91 bits per heavy atom. The number of fused-ring (bicyclic) bond motifs is 1. The molecule has 1 fully saturated rings. The Bertz CT molecular complexity index is 573. The smallest absolute Gasteiger partial charge is 0.335 e. The molecule has 1 aliphatic carbocycles. The molecular formula is C17H21F3N2O. The summed E-state index contributed by atoms with van der Waals surface area (Å²) in [6.45, 7) is 1.13. The van der Waals surface area contributed by atoms with Crippen molar-refractivity contribution in [2.45, 2.75) is 50.9 Å². The quantitative estimate of drug-likeness (QED) is 0.835. The van der Waals surface area contributed by atoms with Gasteiger partial charge in [0.25, 0.3) is 0 Å². The molecule has 1 N–H and O–H groups in total. The van der Waals surface area contributed by atoms with Crippen molar-refractivity contribution in [1.29, 1.82) is 0 Å². The number of alkyl halides is 3. The zero-order valence-corrected chi connectivity index (χ0v) is 12.9. The molecule has 3 rings (SSSR count). The Balaban J connectivity index is 1.57. The second-order valence-corrected chi connectivity index (χ2v) is 6.49. The van der Waals surface area contributed by atoms with E-state index in [1.807, 2.05) is 18.2 Å². The summed E-state index contributed by atoms with van der Waals surface area (Å²) < 4.78 is 38.5. The summed E-state index contributed by atoms with van der Waals surface area (Å²) in [6.07, 6.45) is -2.06. The fraction of sp³-hybridized carbons (Fsp3) is 0.588. The molecule has 126 valence electrons. The first-order chi connectivity index (χ1) is 10.9. The van der Waals surface area contributed by atoms with Crippen LogP contribution in [0.15, 0.2) is 24.3 Å². The third kappa shape index (κ3) is 3.79. The number of halogens is 3. The third-order valence-corrected chi connectivity index (χ3v) is 4.88. The van der Waals surface area contributed by atoms with Gasteiger partial charge in [-0.15, -0.1) is 0 Å². The number of benzene rings is 1. The summed E-state index contributed by atoms with van der Waals surface area (Å²) in [4.78, 5) is 14.1. The molecule has 3 nitrogen and oxygen atoms in total. The molecule has 2 atom stereocenters. The molecule has 2 amide bonds. The predicted octanol–water partition coefficient (Wildman–Crippen LogP) is 3.88. The first-order valence-electron chi connectivity index (χ1n) is 8.12. The van der Waals surface area contributed by atoms with E-state index in [0.29, 0.717) is 25.9 Å². The Morgan fingerprint density at radius 1 is 1.17 bits per heavy atom.